The van der Waals surface area contributed by atoms with E-state index in [9.17, 15) is 9.59 Å². The van der Waals surface area contributed by atoms with Crippen LogP contribution in [0.25, 0.3) is 0 Å². The number of carbonyl (C=O) groups is 1. The number of hydrogen-bond acceptors (Lipinski definition) is 5. The fourth-order valence-corrected chi connectivity index (χ4v) is 7.11. The van der Waals surface area contributed by atoms with Crippen molar-refractivity contribution in [2.45, 2.75) is 90.0 Å². The molecule has 2 fully saturated rings. The number of hydrogen-bond donors (Lipinski definition) is 1. The number of aromatic amines is 1. The normalized spacial score (nSPS) is 27.3. The summed E-state index contributed by atoms with van der Waals surface area (Å²) in [5, 5.41) is 0. The number of H-pyrrole nitrogens is 1. The number of nitrogens with zero attached hydrogens (tertiary/aromatic N) is 2. The van der Waals surface area contributed by atoms with Crippen LogP contribution in [0.15, 0.2) is 10.9 Å². The molecular formula is C30H38FN3O4. The quantitative estimate of drug-likeness (QED) is 0.627. The molecule has 3 heterocycles. The lowest BCUT2D eigenvalue weighted by molar-refractivity contribution is -0.124. The third-order valence-corrected chi connectivity index (χ3v) is 9.59. The van der Waals surface area contributed by atoms with E-state index in [-0.39, 0.29) is 29.7 Å². The number of aryl methyl sites for hydroxylation is 2. The molecule has 2 aromatic rings. The SMILES string of the molecule is Cc1cc(C)c(CN2CC3(CC3)c3c(F)c4c(c(C)c3C2=O)OC(C)([C@H]2CC[C@H](N(C)C)CC2)O4)c(=O)[nH]1. The second kappa shape index (κ2) is 8.57. The van der Waals surface area contributed by atoms with Crippen molar-refractivity contribution >= 4 is 5.91 Å². The Kier molecular flexibility index (Phi) is 5.73. The number of ether oxygens (including phenoxy) is 2. The van der Waals surface area contributed by atoms with E-state index in [2.05, 4.69) is 24.0 Å². The molecule has 38 heavy (non-hydrogen) atoms. The molecule has 7 nitrogen and oxygen atoms in total. The van der Waals surface area contributed by atoms with Crippen LogP contribution in [0.3, 0.4) is 0 Å². The van der Waals surface area contributed by atoms with Gasteiger partial charge in [0.05, 0.1) is 12.1 Å². The summed E-state index contributed by atoms with van der Waals surface area (Å²) in [6.07, 6.45) is 5.57. The Hall–Kier alpha value is -2.87. The molecule has 1 amide bonds. The van der Waals surface area contributed by atoms with E-state index in [1.165, 1.54) is 0 Å². The van der Waals surface area contributed by atoms with Gasteiger partial charge in [0.25, 0.3) is 17.3 Å². The zero-order valence-electron chi connectivity index (χ0n) is 23.3. The Morgan fingerprint density at radius 3 is 2.34 bits per heavy atom. The second-order valence-corrected chi connectivity index (χ2v) is 12.4. The van der Waals surface area contributed by atoms with Crippen molar-refractivity contribution in [2.24, 2.45) is 5.92 Å². The minimum atomic E-state index is -0.957. The van der Waals surface area contributed by atoms with Crippen molar-refractivity contribution in [1.82, 2.24) is 14.8 Å². The molecule has 1 unspecified atom stereocenters. The summed E-state index contributed by atoms with van der Waals surface area (Å²) < 4.78 is 29.1. The fourth-order valence-electron chi connectivity index (χ4n) is 7.11. The summed E-state index contributed by atoms with van der Waals surface area (Å²) in [7, 11) is 4.22. The highest BCUT2D eigenvalue weighted by molar-refractivity contribution is 6.00. The molecule has 2 saturated carbocycles. The van der Waals surface area contributed by atoms with Crippen LogP contribution in [0.4, 0.5) is 4.39 Å². The summed E-state index contributed by atoms with van der Waals surface area (Å²) >= 11 is 0. The van der Waals surface area contributed by atoms with Crippen molar-refractivity contribution < 1.29 is 18.7 Å². The molecule has 0 bridgehead atoms. The molecule has 1 aromatic heterocycles. The van der Waals surface area contributed by atoms with E-state index in [0.29, 0.717) is 40.6 Å². The van der Waals surface area contributed by atoms with Gasteiger partial charge in [-0.05, 0) is 85.0 Å². The first-order valence-electron chi connectivity index (χ1n) is 13.8. The summed E-state index contributed by atoms with van der Waals surface area (Å²) in [4.78, 5) is 33.5. The average Bonchev–Trinajstić information content (AvgIpc) is 3.53. The van der Waals surface area contributed by atoms with Gasteiger partial charge in [-0.3, -0.25) is 9.59 Å². The molecule has 0 radical (unpaired) electrons. The maximum atomic E-state index is 16.3. The number of rotatable bonds is 4. The van der Waals surface area contributed by atoms with Crippen LogP contribution in [0, 0.1) is 32.5 Å². The number of carbonyl (C=O) groups excluding carboxylic acids is 1. The van der Waals surface area contributed by atoms with Crippen molar-refractivity contribution in [2.75, 3.05) is 20.6 Å². The molecule has 8 heteroatoms. The van der Waals surface area contributed by atoms with Crippen LogP contribution in [-0.2, 0) is 12.0 Å². The predicted octanol–water partition coefficient (Wildman–Crippen LogP) is 4.73. The Morgan fingerprint density at radius 1 is 1.08 bits per heavy atom. The van der Waals surface area contributed by atoms with Crippen molar-refractivity contribution in [3.05, 3.63) is 55.7 Å². The van der Waals surface area contributed by atoms with Gasteiger partial charge in [-0.15, -0.1) is 0 Å². The molecule has 6 rings (SSSR count). The van der Waals surface area contributed by atoms with Crippen LogP contribution < -0.4 is 15.0 Å². The Morgan fingerprint density at radius 2 is 1.74 bits per heavy atom. The van der Waals surface area contributed by atoms with E-state index in [1.807, 2.05) is 33.8 Å². The van der Waals surface area contributed by atoms with Crippen LogP contribution in [0.5, 0.6) is 11.5 Å². The number of aromatic nitrogens is 1. The number of fused-ring (bicyclic) bond motifs is 3. The number of pyridine rings is 1. The lowest BCUT2D eigenvalue weighted by Crippen LogP contribution is -2.46. The zero-order valence-corrected chi connectivity index (χ0v) is 23.3. The topological polar surface area (TPSA) is 74.9 Å². The highest BCUT2D eigenvalue weighted by Gasteiger charge is 2.57. The van der Waals surface area contributed by atoms with Gasteiger partial charge in [-0.2, -0.15) is 0 Å². The van der Waals surface area contributed by atoms with Gasteiger partial charge in [0, 0.05) is 53.2 Å². The number of amides is 1. The third kappa shape index (κ3) is 3.78. The van der Waals surface area contributed by atoms with Crippen molar-refractivity contribution in [3.8, 4) is 11.5 Å². The molecule has 1 N–H and O–H groups in total. The van der Waals surface area contributed by atoms with Crippen LogP contribution in [-0.4, -0.2) is 53.2 Å². The first-order chi connectivity index (χ1) is 17.9. The van der Waals surface area contributed by atoms with Gasteiger partial charge in [-0.1, -0.05) is 0 Å². The van der Waals surface area contributed by atoms with Crippen LogP contribution in [0.1, 0.15) is 83.8 Å². The molecule has 1 atom stereocenters. The summed E-state index contributed by atoms with van der Waals surface area (Å²) in [5.41, 5.74) is 3.09. The maximum Gasteiger partial charge on any atom is 0.255 e. The first-order valence-corrected chi connectivity index (χ1v) is 13.8. The Balaban J connectivity index is 1.35. The minimum absolute atomic E-state index is 0.139. The molecular weight excluding hydrogens is 485 g/mol. The third-order valence-electron chi connectivity index (χ3n) is 9.59. The van der Waals surface area contributed by atoms with Gasteiger partial charge < -0.3 is 24.3 Å². The maximum absolute atomic E-state index is 16.3. The average molecular weight is 524 g/mol. The van der Waals surface area contributed by atoms with Crippen molar-refractivity contribution in [1.29, 1.82) is 0 Å². The molecule has 204 valence electrons. The molecule has 4 aliphatic rings. The van der Waals surface area contributed by atoms with Crippen LogP contribution in [0.2, 0.25) is 0 Å². The minimum Gasteiger partial charge on any atom is -0.448 e. The molecule has 0 saturated heterocycles. The Bertz CT molecular complexity index is 1390. The van der Waals surface area contributed by atoms with Crippen LogP contribution >= 0.6 is 0 Å². The summed E-state index contributed by atoms with van der Waals surface area (Å²) in [6.45, 7) is 8.09. The summed E-state index contributed by atoms with van der Waals surface area (Å²) in [6, 6.07) is 2.45. The predicted molar refractivity (Wildman–Crippen MR) is 142 cm³/mol. The monoisotopic (exact) mass is 523 g/mol. The zero-order chi connectivity index (χ0) is 27.1. The van der Waals surface area contributed by atoms with Gasteiger partial charge in [0.15, 0.2) is 11.6 Å². The molecule has 2 aliphatic carbocycles. The largest absolute Gasteiger partial charge is 0.448 e. The highest BCUT2D eigenvalue weighted by atomic mass is 19.1. The van der Waals surface area contributed by atoms with Gasteiger partial charge >= 0.3 is 0 Å². The molecule has 2 aliphatic heterocycles. The van der Waals surface area contributed by atoms with Crippen molar-refractivity contribution in [3.63, 3.8) is 0 Å². The molecule has 1 aromatic carbocycles. The fraction of sp³-hybridized carbons (Fsp3) is 0.600. The lowest BCUT2D eigenvalue weighted by Gasteiger charge is -2.39. The lowest BCUT2D eigenvalue weighted by atomic mass is 9.81. The van der Waals surface area contributed by atoms with E-state index >= 15 is 4.39 Å². The first kappa shape index (κ1) is 25.4. The second-order valence-electron chi connectivity index (χ2n) is 12.4. The van der Waals surface area contributed by atoms with Gasteiger partial charge in [0.2, 0.25) is 5.75 Å². The molecule has 1 spiro atoms. The number of benzene rings is 1. The number of halogens is 1. The highest BCUT2D eigenvalue weighted by Crippen LogP contribution is 2.59. The van der Waals surface area contributed by atoms with E-state index in [4.69, 9.17) is 9.47 Å². The van der Waals surface area contributed by atoms with E-state index < -0.39 is 17.0 Å². The van der Waals surface area contributed by atoms with Gasteiger partial charge in [-0.25, -0.2) is 4.39 Å². The smallest absolute Gasteiger partial charge is 0.255 e. The van der Waals surface area contributed by atoms with E-state index in [0.717, 1.165) is 49.8 Å². The standard InChI is InChI=1S/C30H38FN3O4/c1-16-13-17(2)32-27(35)21(16)14-34-15-30(11-12-30)23-22(28(34)36)18(3)25-26(24(23)31)38-29(4,37-25)19-7-9-20(10-8-19)33(5)6/h13,19-20H,7-12,14-15H2,1-6H3,(H,32,35)/t19-,20-,29?. The van der Waals surface area contributed by atoms with E-state index in [1.54, 1.807) is 4.90 Å². The number of nitrogens with one attached hydrogen (secondary N) is 1. The Labute approximate surface area is 223 Å². The summed E-state index contributed by atoms with van der Waals surface area (Å²) in [5.74, 6) is -0.993. The van der Waals surface area contributed by atoms with Gasteiger partial charge in [0.1, 0.15) is 0 Å².